The molecular weight excluding hydrogens is 305 g/mol. The van der Waals surface area contributed by atoms with Crippen molar-refractivity contribution in [1.29, 1.82) is 0 Å². The molecule has 1 atom stereocenters. The van der Waals surface area contributed by atoms with Gasteiger partial charge >= 0.3 is 18.1 Å². The molecule has 0 fully saturated rings. The number of alkyl halides is 3. The first-order chi connectivity index (χ1) is 10.3. The van der Waals surface area contributed by atoms with Gasteiger partial charge < -0.3 is 14.2 Å². The van der Waals surface area contributed by atoms with Gasteiger partial charge in [0.05, 0.1) is 14.2 Å². The fraction of sp³-hybridized carbons (Fsp3) is 0.286. The van der Waals surface area contributed by atoms with E-state index in [1.165, 1.54) is 18.2 Å². The minimum Gasteiger partial charge on any atom is -0.489 e. The molecule has 0 bridgehead atoms. The second-order valence-electron chi connectivity index (χ2n) is 4.33. The summed E-state index contributed by atoms with van der Waals surface area (Å²) in [4.78, 5) is 23.6. The third kappa shape index (κ3) is 2.11. The van der Waals surface area contributed by atoms with Gasteiger partial charge in [0.2, 0.25) is 5.76 Å². The number of methoxy groups -OCH3 is 2. The minimum absolute atomic E-state index is 0.427. The third-order valence-corrected chi connectivity index (χ3v) is 3.18. The van der Waals surface area contributed by atoms with Gasteiger partial charge in [0.15, 0.2) is 0 Å². The number of ether oxygens (including phenoxy) is 3. The molecule has 1 unspecified atom stereocenters. The van der Waals surface area contributed by atoms with E-state index < -0.39 is 40.6 Å². The highest BCUT2D eigenvalue weighted by molar-refractivity contribution is 6.04. The van der Waals surface area contributed by atoms with Crippen LogP contribution in [-0.2, 0) is 29.4 Å². The Morgan fingerprint density at radius 2 is 1.77 bits per heavy atom. The van der Waals surface area contributed by atoms with Crippen LogP contribution in [0.2, 0.25) is 0 Å². The molecule has 2 rings (SSSR count). The van der Waals surface area contributed by atoms with E-state index in [9.17, 15) is 22.8 Å². The van der Waals surface area contributed by atoms with Crippen LogP contribution in [0.15, 0.2) is 41.7 Å². The van der Waals surface area contributed by atoms with E-state index in [2.05, 4.69) is 14.2 Å². The molecule has 22 heavy (non-hydrogen) atoms. The van der Waals surface area contributed by atoms with E-state index in [1.807, 2.05) is 0 Å². The van der Waals surface area contributed by atoms with E-state index in [0.717, 1.165) is 26.4 Å². The van der Waals surface area contributed by atoms with Crippen molar-refractivity contribution in [2.75, 3.05) is 14.2 Å². The molecule has 1 heterocycles. The summed E-state index contributed by atoms with van der Waals surface area (Å²) in [5, 5.41) is 0. The summed E-state index contributed by atoms with van der Waals surface area (Å²) in [5.41, 5.74) is -4.71. The Kier molecular flexibility index (Phi) is 3.87. The van der Waals surface area contributed by atoms with Crippen LogP contribution < -0.4 is 0 Å². The molecule has 0 N–H and O–H groups in total. The van der Waals surface area contributed by atoms with E-state index in [0.29, 0.717) is 0 Å². The lowest BCUT2D eigenvalue weighted by atomic mass is 9.85. The van der Waals surface area contributed by atoms with Crippen LogP contribution in [0.5, 0.6) is 0 Å². The summed E-state index contributed by atoms with van der Waals surface area (Å²) in [7, 11) is 1.87. The number of hydrogen-bond donors (Lipinski definition) is 0. The second-order valence-corrected chi connectivity index (χ2v) is 4.33. The Morgan fingerprint density at radius 3 is 2.23 bits per heavy atom. The van der Waals surface area contributed by atoms with Gasteiger partial charge in [-0.1, -0.05) is 30.3 Å². The fourth-order valence-corrected chi connectivity index (χ4v) is 2.26. The molecule has 0 saturated carbocycles. The average molecular weight is 316 g/mol. The number of carbonyl (C=O) groups is 2. The van der Waals surface area contributed by atoms with Gasteiger partial charge in [-0.15, -0.1) is 0 Å². The summed E-state index contributed by atoms with van der Waals surface area (Å²) in [6.07, 6.45) is -5.09. The molecule has 5 nitrogen and oxygen atoms in total. The van der Waals surface area contributed by atoms with Crippen molar-refractivity contribution < 1.29 is 37.0 Å². The number of rotatable bonds is 3. The molecule has 1 aliphatic heterocycles. The number of esters is 2. The molecule has 0 aromatic heterocycles. The normalized spacial score (nSPS) is 21.6. The minimum atomic E-state index is -5.09. The van der Waals surface area contributed by atoms with Crippen molar-refractivity contribution in [1.82, 2.24) is 0 Å². The van der Waals surface area contributed by atoms with Crippen LogP contribution in [0.4, 0.5) is 13.2 Å². The zero-order valence-corrected chi connectivity index (χ0v) is 11.6. The topological polar surface area (TPSA) is 61.8 Å². The number of halogens is 3. The Morgan fingerprint density at radius 1 is 1.18 bits per heavy atom. The highest BCUT2D eigenvalue weighted by atomic mass is 19.4. The summed E-state index contributed by atoms with van der Waals surface area (Å²) in [6.45, 7) is 0. The monoisotopic (exact) mass is 316 g/mol. The predicted molar refractivity (Wildman–Crippen MR) is 66.3 cm³/mol. The highest BCUT2D eigenvalue weighted by Gasteiger charge is 2.69. The first kappa shape index (κ1) is 15.9. The maximum Gasteiger partial charge on any atom is 0.437 e. The molecule has 1 aliphatic rings. The molecule has 0 amide bonds. The van der Waals surface area contributed by atoms with Gasteiger partial charge in [-0.2, -0.15) is 13.2 Å². The van der Waals surface area contributed by atoms with Gasteiger partial charge in [0, 0.05) is 5.56 Å². The van der Waals surface area contributed by atoms with Crippen LogP contribution in [0.1, 0.15) is 5.56 Å². The molecule has 0 saturated heterocycles. The molecule has 1 aromatic rings. The highest BCUT2D eigenvalue weighted by Crippen LogP contribution is 2.52. The van der Waals surface area contributed by atoms with Gasteiger partial charge in [0.1, 0.15) is 5.57 Å². The maximum atomic E-state index is 13.8. The lowest BCUT2D eigenvalue weighted by Crippen LogP contribution is -2.46. The van der Waals surface area contributed by atoms with Crippen LogP contribution in [0.3, 0.4) is 0 Å². The lowest BCUT2D eigenvalue weighted by Gasteiger charge is -2.31. The first-order valence-electron chi connectivity index (χ1n) is 6.02. The third-order valence-electron chi connectivity index (χ3n) is 3.18. The molecule has 0 spiro atoms. The van der Waals surface area contributed by atoms with Crippen LogP contribution in [0.25, 0.3) is 0 Å². The fourth-order valence-electron chi connectivity index (χ4n) is 2.26. The van der Waals surface area contributed by atoms with Gasteiger partial charge in [-0.25, -0.2) is 9.59 Å². The number of hydrogen-bond acceptors (Lipinski definition) is 5. The number of cyclic esters (lactones) is 1. The lowest BCUT2D eigenvalue weighted by molar-refractivity contribution is -0.255. The average Bonchev–Trinajstić information content (AvgIpc) is 2.80. The van der Waals surface area contributed by atoms with Crippen LogP contribution in [0, 0.1) is 0 Å². The van der Waals surface area contributed by atoms with E-state index in [-0.39, 0.29) is 0 Å². The standard InChI is InChI=1S/C14H11F3O5/c1-20-10-9(11(18)21-2)13(14(15,16)17,22-12(10)19)8-6-4-3-5-7-8/h3-7H,1-2H3. The van der Waals surface area contributed by atoms with Crippen LogP contribution >= 0.6 is 0 Å². The van der Waals surface area contributed by atoms with Crippen LogP contribution in [-0.4, -0.2) is 32.3 Å². The molecule has 1 aromatic carbocycles. The Balaban J connectivity index is 2.82. The largest absolute Gasteiger partial charge is 0.489 e. The van der Waals surface area contributed by atoms with Crippen molar-refractivity contribution in [3.63, 3.8) is 0 Å². The van der Waals surface area contributed by atoms with E-state index >= 15 is 0 Å². The summed E-state index contributed by atoms with van der Waals surface area (Å²) >= 11 is 0. The zero-order valence-electron chi connectivity index (χ0n) is 11.6. The van der Waals surface area contributed by atoms with Crippen molar-refractivity contribution in [3.8, 4) is 0 Å². The van der Waals surface area contributed by atoms with Gasteiger partial charge in [-0.3, -0.25) is 0 Å². The molecular formula is C14H11F3O5. The summed E-state index contributed by atoms with van der Waals surface area (Å²) < 4.78 is 54.9. The zero-order chi connectivity index (χ0) is 16.5. The molecule has 0 aliphatic carbocycles. The number of benzene rings is 1. The Hall–Kier alpha value is -2.51. The Bertz CT molecular complexity index is 636. The maximum absolute atomic E-state index is 13.8. The number of carbonyl (C=O) groups excluding carboxylic acids is 2. The van der Waals surface area contributed by atoms with Crippen molar-refractivity contribution in [3.05, 3.63) is 47.2 Å². The summed E-state index contributed by atoms with van der Waals surface area (Å²) in [5.74, 6) is -3.57. The predicted octanol–water partition coefficient (Wildman–Crippen LogP) is 2.07. The molecule has 118 valence electrons. The van der Waals surface area contributed by atoms with E-state index in [4.69, 9.17) is 0 Å². The van der Waals surface area contributed by atoms with Gasteiger partial charge in [-0.05, 0) is 0 Å². The Labute approximate surface area is 123 Å². The first-order valence-corrected chi connectivity index (χ1v) is 6.02. The van der Waals surface area contributed by atoms with Gasteiger partial charge in [0.25, 0.3) is 5.60 Å². The van der Waals surface area contributed by atoms with Crippen molar-refractivity contribution in [2.45, 2.75) is 11.8 Å². The van der Waals surface area contributed by atoms with Crippen molar-refractivity contribution >= 4 is 11.9 Å². The van der Waals surface area contributed by atoms with Crippen molar-refractivity contribution in [2.24, 2.45) is 0 Å². The molecule has 0 radical (unpaired) electrons. The summed E-state index contributed by atoms with van der Waals surface area (Å²) in [6, 6.07) is 6.35. The molecule has 8 heteroatoms. The van der Waals surface area contributed by atoms with E-state index in [1.54, 1.807) is 0 Å². The second kappa shape index (κ2) is 5.36. The smallest absolute Gasteiger partial charge is 0.437 e. The quantitative estimate of drug-likeness (QED) is 0.799. The SMILES string of the molecule is COC(=O)C1=C(OC)C(=O)OC1(c1ccccc1)C(F)(F)F.